The Morgan fingerprint density at radius 2 is 1.84 bits per heavy atom. The van der Waals surface area contributed by atoms with E-state index >= 15 is 0 Å². The molecule has 25 heavy (non-hydrogen) atoms. The van der Waals surface area contributed by atoms with E-state index in [2.05, 4.69) is 0 Å². The van der Waals surface area contributed by atoms with Crippen LogP contribution in [0.2, 0.25) is 10.0 Å². The van der Waals surface area contributed by atoms with Gasteiger partial charge in [-0.15, -0.1) is 0 Å². The number of carbonyl (C=O) groups excluding carboxylic acids is 1. The molecule has 2 aromatic carbocycles. The number of ether oxygens (including phenoxy) is 2. The van der Waals surface area contributed by atoms with Crippen molar-refractivity contribution in [3.8, 4) is 5.75 Å². The van der Waals surface area contributed by atoms with Crippen molar-refractivity contribution in [2.24, 2.45) is 0 Å². The first kappa shape index (κ1) is 22.5. The van der Waals surface area contributed by atoms with E-state index < -0.39 is 0 Å². The van der Waals surface area contributed by atoms with Gasteiger partial charge in [0.15, 0.2) is 5.52 Å². The fourth-order valence-corrected chi connectivity index (χ4v) is 3.93. The van der Waals surface area contributed by atoms with Gasteiger partial charge in [-0.25, -0.2) is 0 Å². The molecule has 2 rings (SSSR count). The van der Waals surface area contributed by atoms with Gasteiger partial charge in [-0.2, -0.15) is 0 Å². The Morgan fingerprint density at radius 3 is 2.44 bits per heavy atom. The van der Waals surface area contributed by atoms with Crippen molar-refractivity contribution in [1.29, 1.82) is 0 Å². The standard InChI is InChI=1S/C18H19Cl2O3P.Li.H/c1-3-22-9-10-23-13-7-8-16(12(2)11-13)24-18(21)17-14(19)5-4-6-15(17)20;;/h4-8,11,24H,3,9-10H2,1-2H3;;/q;+1;-1. The van der Waals surface area contributed by atoms with Gasteiger partial charge in [0.1, 0.15) is 12.4 Å². The second kappa shape index (κ2) is 11.2. The molecule has 0 bridgehead atoms. The van der Waals surface area contributed by atoms with Gasteiger partial charge < -0.3 is 10.9 Å². The van der Waals surface area contributed by atoms with Crippen LogP contribution in [-0.2, 0) is 4.74 Å². The number of aryl methyl sites for hydroxylation is 1. The van der Waals surface area contributed by atoms with Gasteiger partial charge in [0, 0.05) is 6.61 Å². The number of benzene rings is 2. The van der Waals surface area contributed by atoms with E-state index in [1.54, 1.807) is 18.2 Å². The van der Waals surface area contributed by atoms with E-state index in [4.69, 9.17) is 32.7 Å². The minimum Gasteiger partial charge on any atom is -1.00 e. The Kier molecular flexibility index (Phi) is 10.1. The molecule has 1 unspecified atom stereocenters. The molecule has 0 heterocycles. The Balaban J connectivity index is 0.00000312. The summed E-state index contributed by atoms with van der Waals surface area (Å²) in [5.41, 5.74) is 1.31. The quantitative estimate of drug-likeness (QED) is 0.391. The summed E-state index contributed by atoms with van der Waals surface area (Å²) in [4.78, 5) is 12.5. The Labute approximate surface area is 173 Å². The molecule has 0 N–H and O–H groups in total. The van der Waals surface area contributed by atoms with E-state index in [1.165, 1.54) is 0 Å². The summed E-state index contributed by atoms with van der Waals surface area (Å²) < 4.78 is 10.9. The van der Waals surface area contributed by atoms with Crippen LogP contribution in [0.4, 0.5) is 0 Å². The average molecular weight is 393 g/mol. The van der Waals surface area contributed by atoms with E-state index in [0.29, 0.717) is 35.4 Å². The minimum absolute atomic E-state index is 0. The van der Waals surface area contributed by atoms with E-state index in [9.17, 15) is 4.79 Å². The molecule has 0 fully saturated rings. The third-order valence-corrected chi connectivity index (χ3v) is 5.27. The molecule has 2 aromatic rings. The van der Waals surface area contributed by atoms with Crippen LogP contribution < -0.4 is 28.9 Å². The SMILES string of the molecule is CCOCCOc1ccc(PC(=O)c2c(Cl)cccc2Cl)c(C)c1.[H-].[Li+]. The fraction of sp³-hybridized carbons (Fsp3) is 0.278. The molecule has 130 valence electrons. The smallest absolute Gasteiger partial charge is 1.00 e. The molecule has 0 aliphatic heterocycles. The fourth-order valence-electron chi connectivity index (χ4n) is 2.13. The monoisotopic (exact) mass is 392 g/mol. The van der Waals surface area contributed by atoms with Crippen LogP contribution in [0, 0.1) is 6.92 Å². The van der Waals surface area contributed by atoms with Crippen LogP contribution in [0.25, 0.3) is 0 Å². The van der Waals surface area contributed by atoms with E-state index in [0.717, 1.165) is 16.6 Å². The zero-order valence-electron chi connectivity index (χ0n) is 15.6. The van der Waals surface area contributed by atoms with Crippen LogP contribution in [-0.4, -0.2) is 25.3 Å². The number of hydrogen-bond acceptors (Lipinski definition) is 3. The van der Waals surface area contributed by atoms with E-state index in [-0.39, 0.29) is 34.4 Å². The van der Waals surface area contributed by atoms with Crippen molar-refractivity contribution in [2.75, 3.05) is 19.8 Å². The molecule has 0 saturated carbocycles. The van der Waals surface area contributed by atoms with Crippen molar-refractivity contribution in [3.63, 3.8) is 0 Å². The maximum atomic E-state index is 12.5. The van der Waals surface area contributed by atoms with Gasteiger partial charge in [0.2, 0.25) is 0 Å². The summed E-state index contributed by atoms with van der Waals surface area (Å²) in [5.74, 6) is 0.768. The molecule has 0 amide bonds. The van der Waals surface area contributed by atoms with Crippen molar-refractivity contribution < 1.29 is 34.6 Å². The van der Waals surface area contributed by atoms with Crippen molar-refractivity contribution in [3.05, 3.63) is 57.6 Å². The van der Waals surface area contributed by atoms with Crippen molar-refractivity contribution in [1.82, 2.24) is 0 Å². The molecule has 0 radical (unpaired) electrons. The second-order valence-electron chi connectivity index (χ2n) is 5.07. The first-order valence-corrected chi connectivity index (χ1v) is 9.35. The summed E-state index contributed by atoms with van der Waals surface area (Å²) in [5, 5.41) is 1.72. The molecule has 0 saturated heterocycles. The maximum Gasteiger partial charge on any atom is 1.00 e. The number of rotatable bonds is 8. The third kappa shape index (κ3) is 6.61. The molecular formula is C18H20Cl2LiO3P. The Hall–Kier alpha value is -0.523. The normalized spacial score (nSPS) is 10.7. The topological polar surface area (TPSA) is 35.5 Å². The zero-order chi connectivity index (χ0) is 17.5. The van der Waals surface area contributed by atoms with Crippen LogP contribution >= 0.6 is 31.8 Å². The first-order valence-electron chi connectivity index (χ1n) is 7.59. The van der Waals surface area contributed by atoms with Crippen molar-refractivity contribution >= 4 is 42.6 Å². The van der Waals surface area contributed by atoms with Gasteiger partial charge >= 0.3 is 18.9 Å². The number of carbonyl (C=O) groups is 1. The van der Waals surface area contributed by atoms with Crippen LogP contribution in [0.15, 0.2) is 36.4 Å². The van der Waals surface area contributed by atoms with Crippen LogP contribution in [0.1, 0.15) is 24.3 Å². The summed E-state index contributed by atoms with van der Waals surface area (Å²) in [6, 6.07) is 10.8. The number of hydrogen-bond donors (Lipinski definition) is 0. The Bertz CT molecular complexity index is 711. The molecule has 0 spiro atoms. The van der Waals surface area contributed by atoms with Crippen LogP contribution in [0.5, 0.6) is 5.75 Å². The molecule has 0 aliphatic rings. The third-order valence-electron chi connectivity index (χ3n) is 3.34. The molecule has 7 heteroatoms. The molecule has 3 nitrogen and oxygen atoms in total. The predicted octanol–water partition coefficient (Wildman–Crippen LogP) is 1.98. The minimum atomic E-state index is -0.0706. The van der Waals surface area contributed by atoms with Crippen LogP contribution in [0.3, 0.4) is 0 Å². The largest absolute Gasteiger partial charge is 1.00 e. The van der Waals surface area contributed by atoms with Gasteiger partial charge in [-0.05, 0) is 57.6 Å². The average Bonchev–Trinajstić information content (AvgIpc) is 2.54. The summed E-state index contributed by atoms with van der Waals surface area (Å²) in [7, 11) is -0.0420. The molecule has 0 aromatic heterocycles. The van der Waals surface area contributed by atoms with Gasteiger partial charge in [0.25, 0.3) is 0 Å². The first-order chi connectivity index (χ1) is 11.5. The zero-order valence-corrected chi connectivity index (χ0v) is 17.1. The maximum absolute atomic E-state index is 12.5. The molecular weight excluding hydrogens is 373 g/mol. The summed E-state index contributed by atoms with van der Waals surface area (Å²) in [6.07, 6.45) is 0. The second-order valence-corrected chi connectivity index (χ2v) is 7.13. The van der Waals surface area contributed by atoms with Crippen molar-refractivity contribution in [2.45, 2.75) is 13.8 Å². The predicted molar refractivity (Wildman–Crippen MR) is 103 cm³/mol. The molecule has 1 atom stereocenters. The summed E-state index contributed by atoms with van der Waals surface area (Å²) in [6.45, 7) is 5.64. The van der Waals surface area contributed by atoms with E-state index in [1.807, 2.05) is 32.0 Å². The Morgan fingerprint density at radius 1 is 1.16 bits per heavy atom. The molecule has 0 aliphatic carbocycles. The van der Waals surface area contributed by atoms with Gasteiger partial charge in [-0.1, -0.05) is 35.3 Å². The summed E-state index contributed by atoms with van der Waals surface area (Å²) >= 11 is 12.2. The number of halogens is 2. The van der Waals surface area contributed by atoms with Gasteiger partial charge in [0.05, 0.1) is 22.2 Å². The van der Waals surface area contributed by atoms with Gasteiger partial charge in [-0.3, -0.25) is 4.79 Å².